The molecule has 0 saturated carbocycles. The van der Waals surface area contributed by atoms with E-state index in [0.717, 1.165) is 6.42 Å². The highest BCUT2D eigenvalue weighted by molar-refractivity contribution is 7.13. The molecule has 2 aromatic heterocycles. The lowest BCUT2D eigenvalue weighted by Gasteiger charge is -2.25. The number of rotatable bonds is 5. The fourth-order valence-electron chi connectivity index (χ4n) is 3.05. The van der Waals surface area contributed by atoms with Crippen molar-refractivity contribution in [1.82, 2.24) is 19.6 Å². The molecule has 4 N–H and O–H groups in total. The third-order valence-electron chi connectivity index (χ3n) is 4.23. The maximum absolute atomic E-state index is 11.8. The van der Waals surface area contributed by atoms with Crippen LogP contribution in [0.3, 0.4) is 0 Å². The number of hydrogen-bond acceptors (Lipinski definition) is 6. The summed E-state index contributed by atoms with van der Waals surface area (Å²) in [6, 6.07) is -0.841. The zero-order valence-electron chi connectivity index (χ0n) is 12.8. The van der Waals surface area contributed by atoms with E-state index in [1.165, 1.54) is 6.33 Å². The van der Waals surface area contributed by atoms with Gasteiger partial charge in [-0.2, -0.15) is 0 Å². The van der Waals surface area contributed by atoms with Crippen molar-refractivity contribution in [1.29, 1.82) is 0 Å². The van der Waals surface area contributed by atoms with E-state index in [0.29, 0.717) is 29.8 Å². The minimum Gasteiger partial charge on any atom is -0.389 e. The molecule has 126 valence electrons. The molecule has 0 aromatic carbocycles. The molecule has 0 spiro atoms. The van der Waals surface area contributed by atoms with Crippen molar-refractivity contribution in [3.8, 4) is 0 Å². The van der Waals surface area contributed by atoms with Crippen LogP contribution in [0.4, 0.5) is 0 Å². The van der Waals surface area contributed by atoms with Gasteiger partial charge in [0.1, 0.15) is 17.1 Å². The first-order chi connectivity index (χ1) is 11.1. The smallest absolute Gasteiger partial charge is 0.275 e. The molecule has 1 aliphatic heterocycles. The molecular formula is C14H21N4O4P. The van der Waals surface area contributed by atoms with Gasteiger partial charge in [0.05, 0.1) is 31.1 Å². The summed E-state index contributed by atoms with van der Waals surface area (Å²) in [5, 5.41) is 20.8. The van der Waals surface area contributed by atoms with Gasteiger partial charge < -0.3 is 24.9 Å². The quantitative estimate of drug-likeness (QED) is 0.447. The van der Waals surface area contributed by atoms with Crippen LogP contribution in [0.1, 0.15) is 24.9 Å². The molecule has 9 heteroatoms. The van der Waals surface area contributed by atoms with E-state index in [1.807, 2.05) is 6.92 Å². The lowest BCUT2D eigenvalue weighted by atomic mass is 10.0. The van der Waals surface area contributed by atoms with Gasteiger partial charge in [-0.25, -0.2) is 4.98 Å². The minimum atomic E-state index is -0.997. The van der Waals surface area contributed by atoms with Crippen molar-refractivity contribution < 1.29 is 14.9 Å². The lowest BCUT2D eigenvalue weighted by Crippen LogP contribution is -2.36. The van der Waals surface area contributed by atoms with Crippen molar-refractivity contribution in [3.63, 3.8) is 0 Å². The molecule has 23 heavy (non-hydrogen) atoms. The Bertz CT molecular complexity index is 733. The third-order valence-corrected chi connectivity index (χ3v) is 4.93. The Morgan fingerprint density at radius 2 is 2.17 bits per heavy atom. The number of hydrogen-bond donors (Lipinski definition) is 4. The van der Waals surface area contributed by atoms with Crippen molar-refractivity contribution in [2.24, 2.45) is 0 Å². The average molecular weight is 340 g/mol. The van der Waals surface area contributed by atoms with E-state index in [-0.39, 0.29) is 11.6 Å². The van der Waals surface area contributed by atoms with Crippen molar-refractivity contribution >= 4 is 20.4 Å². The van der Waals surface area contributed by atoms with Crippen LogP contribution in [-0.2, 0) is 4.74 Å². The highest BCUT2D eigenvalue weighted by atomic mass is 31.0. The Balaban J connectivity index is 1.92. The predicted molar refractivity (Wildman–Crippen MR) is 87.9 cm³/mol. The van der Waals surface area contributed by atoms with E-state index in [1.54, 1.807) is 10.9 Å². The minimum absolute atomic E-state index is 0.271. The maximum atomic E-state index is 11.8. The molecule has 1 aliphatic rings. The van der Waals surface area contributed by atoms with E-state index in [2.05, 4.69) is 24.3 Å². The van der Waals surface area contributed by atoms with Gasteiger partial charge in [0.2, 0.25) is 0 Å². The molecule has 2 aromatic rings. The number of aromatic amines is 2. The molecule has 0 bridgehead atoms. The number of nitrogens with one attached hydrogen (secondary N) is 2. The van der Waals surface area contributed by atoms with Crippen molar-refractivity contribution in [2.45, 2.75) is 37.6 Å². The second-order valence-electron chi connectivity index (χ2n) is 5.71. The van der Waals surface area contributed by atoms with Gasteiger partial charge in [0, 0.05) is 18.4 Å². The first-order valence-corrected chi connectivity index (χ1v) is 8.09. The Kier molecular flexibility index (Phi) is 4.79. The fourth-order valence-corrected chi connectivity index (χ4v) is 3.65. The number of ether oxygens (including phenoxy) is 1. The molecule has 1 unspecified atom stereocenters. The normalized spacial score (nSPS) is 28.7. The van der Waals surface area contributed by atoms with Gasteiger partial charge >= 0.3 is 0 Å². The summed E-state index contributed by atoms with van der Waals surface area (Å²) in [5.74, 6) is 0. The molecule has 0 amide bonds. The zero-order valence-corrected chi connectivity index (χ0v) is 13.9. The Hall–Kier alpha value is -1.31. The average Bonchev–Trinajstić information content (AvgIpc) is 3.04. The van der Waals surface area contributed by atoms with Crippen LogP contribution in [0, 0.1) is 0 Å². The first-order valence-electron chi connectivity index (χ1n) is 7.57. The topological polar surface area (TPSA) is 114 Å². The first kappa shape index (κ1) is 16.5. The molecule has 0 aliphatic carbocycles. The van der Waals surface area contributed by atoms with Crippen LogP contribution < -0.4 is 5.56 Å². The third kappa shape index (κ3) is 2.81. The molecule has 5 atom stereocenters. The van der Waals surface area contributed by atoms with E-state index >= 15 is 0 Å². The van der Waals surface area contributed by atoms with Crippen LogP contribution in [0.2, 0.25) is 0 Å². The molecule has 3 rings (SSSR count). The predicted octanol–water partition coefficient (Wildman–Crippen LogP) is -0.0850. The van der Waals surface area contributed by atoms with Gasteiger partial charge in [-0.15, -0.1) is 0 Å². The van der Waals surface area contributed by atoms with E-state index in [9.17, 15) is 15.0 Å². The van der Waals surface area contributed by atoms with Crippen molar-refractivity contribution in [2.75, 3.05) is 13.2 Å². The zero-order chi connectivity index (χ0) is 16.6. The SMILES string of the molecule is CCCOC[C@@H]1[C@@H](O)[C@@H](O)[C@H](c2c[nH]c3c(=O)[nH]cnc23)N1P. The maximum Gasteiger partial charge on any atom is 0.275 e. The summed E-state index contributed by atoms with van der Waals surface area (Å²) >= 11 is 0. The number of aliphatic hydroxyl groups is 2. The Labute approximate surface area is 135 Å². The number of fused-ring (bicyclic) bond motifs is 1. The van der Waals surface area contributed by atoms with Gasteiger partial charge in [-0.05, 0) is 6.42 Å². The molecule has 0 radical (unpaired) electrons. The number of H-pyrrole nitrogens is 2. The molecule has 8 nitrogen and oxygen atoms in total. The molecule has 1 saturated heterocycles. The Morgan fingerprint density at radius 3 is 2.91 bits per heavy atom. The standard InChI is InChI=1S/C14H21N4O4P/c1-2-3-22-5-8-12(19)13(20)11(18(8)23)7-4-15-10-9(7)16-6-17-14(10)21/h4,6,8,11-13,15,19-20H,2-3,5,23H2,1H3,(H,16,17,21)/t8-,11+,12-,13+/m1/s1. The van der Waals surface area contributed by atoms with Gasteiger partial charge in [-0.1, -0.05) is 16.3 Å². The van der Waals surface area contributed by atoms with Crippen molar-refractivity contribution in [3.05, 3.63) is 28.4 Å². The summed E-state index contributed by atoms with van der Waals surface area (Å²) in [4.78, 5) is 21.4. The second kappa shape index (κ2) is 6.67. The number of nitrogens with zero attached hydrogens (tertiary/aromatic N) is 2. The van der Waals surface area contributed by atoms with Crippen LogP contribution in [0.15, 0.2) is 17.3 Å². The molecular weight excluding hydrogens is 319 g/mol. The molecule has 3 heterocycles. The summed E-state index contributed by atoms with van der Waals surface area (Å²) in [6.07, 6.45) is 1.93. The van der Waals surface area contributed by atoms with E-state index in [4.69, 9.17) is 4.74 Å². The molecule has 1 fully saturated rings. The van der Waals surface area contributed by atoms with Gasteiger partial charge in [0.15, 0.2) is 0 Å². The van der Waals surface area contributed by atoms with Crippen LogP contribution in [-0.4, -0.2) is 61.3 Å². The lowest BCUT2D eigenvalue weighted by molar-refractivity contribution is 0.00685. The summed E-state index contributed by atoms with van der Waals surface area (Å²) in [6.45, 7) is 2.94. The summed E-state index contributed by atoms with van der Waals surface area (Å²) in [5.41, 5.74) is 1.25. The highest BCUT2D eigenvalue weighted by Gasteiger charge is 2.47. The Morgan fingerprint density at radius 1 is 1.39 bits per heavy atom. The van der Waals surface area contributed by atoms with Gasteiger partial charge in [0.25, 0.3) is 5.56 Å². The van der Waals surface area contributed by atoms with Gasteiger partial charge in [-0.3, -0.25) is 9.46 Å². The number of aromatic nitrogens is 3. The second-order valence-corrected chi connectivity index (χ2v) is 6.31. The summed E-state index contributed by atoms with van der Waals surface area (Å²) in [7, 11) is 2.54. The fraction of sp³-hybridized carbons (Fsp3) is 0.571. The van der Waals surface area contributed by atoms with Crippen LogP contribution in [0.25, 0.3) is 11.0 Å². The number of aliphatic hydroxyl groups excluding tert-OH is 2. The monoisotopic (exact) mass is 340 g/mol. The van der Waals surface area contributed by atoms with Crippen LogP contribution >= 0.6 is 9.39 Å². The van der Waals surface area contributed by atoms with E-state index < -0.39 is 18.2 Å². The summed E-state index contributed by atoms with van der Waals surface area (Å²) < 4.78 is 7.33. The highest BCUT2D eigenvalue weighted by Crippen LogP contribution is 2.41. The largest absolute Gasteiger partial charge is 0.389 e. The van der Waals surface area contributed by atoms with Crippen LogP contribution in [0.5, 0.6) is 0 Å².